The molecule has 1 amide bonds. The van der Waals surface area contributed by atoms with Gasteiger partial charge in [0.2, 0.25) is 0 Å². The number of amides is 1. The van der Waals surface area contributed by atoms with Crippen LogP contribution in [0.3, 0.4) is 0 Å². The Morgan fingerprint density at radius 3 is 2.58 bits per heavy atom. The monoisotopic (exact) mass is 332 g/mol. The lowest BCUT2D eigenvalue weighted by molar-refractivity contribution is 0.0501. The fourth-order valence-corrected chi connectivity index (χ4v) is 2.52. The molecule has 130 valence electrons. The van der Waals surface area contributed by atoms with Crippen molar-refractivity contribution in [3.05, 3.63) is 35.5 Å². The van der Waals surface area contributed by atoms with E-state index in [9.17, 15) is 9.59 Å². The van der Waals surface area contributed by atoms with Crippen molar-refractivity contribution in [2.24, 2.45) is 0 Å². The second-order valence-corrected chi connectivity index (χ2v) is 6.60. The molecular formula is C18H24N2O4. The number of carbonyl (C=O) groups excluding carboxylic acids is 2. The molecule has 1 aromatic carbocycles. The molecule has 6 heteroatoms. The van der Waals surface area contributed by atoms with Crippen molar-refractivity contribution in [2.45, 2.75) is 45.8 Å². The van der Waals surface area contributed by atoms with Gasteiger partial charge in [0.05, 0.1) is 18.7 Å². The first-order valence-corrected chi connectivity index (χ1v) is 7.94. The van der Waals surface area contributed by atoms with E-state index in [1.165, 1.54) is 7.11 Å². The quantitative estimate of drug-likeness (QED) is 0.831. The molecule has 24 heavy (non-hydrogen) atoms. The van der Waals surface area contributed by atoms with Gasteiger partial charge in [0.15, 0.2) is 0 Å². The van der Waals surface area contributed by atoms with E-state index in [0.29, 0.717) is 12.0 Å². The predicted octanol–water partition coefficient (Wildman–Crippen LogP) is 3.93. The second kappa shape index (κ2) is 6.95. The molecule has 2 rings (SSSR count). The summed E-state index contributed by atoms with van der Waals surface area (Å²) in [6.07, 6.45) is 2.07. The number of benzene rings is 1. The molecule has 2 aromatic rings. The zero-order valence-corrected chi connectivity index (χ0v) is 14.7. The fourth-order valence-electron chi connectivity index (χ4n) is 2.52. The SMILES string of the molecule is CC[C@H](NC(=O)OC(C)(C)C)c1c[nH]c2ccc(C(=O)OC)cc12. The van der Waals surface area contributed by atoms with Crippen LogP contribution in [0.4, 0.5) is 4.79 Å². The van der Waals surface area contributed by atoms with Gasteiger partial charge in [-0.15, -0.1) is 0 Å². The Morgan fingerprint density at radius 2 is 2.00 bits per heavy atom. The average Bonchev–Trinajstić information content (AvgIpc) is 2.93. The topological polar surface area (TPSA) is 80.4 Å². The molecule has 1 heterocycles. The third kappa shape index (κ3) is 4.07. The Labute approximate surface area is 141 Å². The Balaban J connectivity index is 2.31. The number of H-pyrrole nitrogens is 1. The van der Waals surface area contributed by atoms with E-state index < -0.39 is 17.7 Å². The lowest BCUT2D eigenvalue weighted by atomic mass is 10.0. The van der Waals surface area contributed by atoms with Crippen LogP contribution < -0.4 is 5.32 Å². The number of aromatic amines is 1. The number of ether oxygens (including phenoxy) is 2. The van der Waals surface area contributed by atoms with Gasteiger partial charge in [-0.1, -0.05) is 6.92 Å². The number of aromatic nitrogens is 1. The Hall–Kier alpha value is -2.50. The zero-order chi connectivity index (χ0) is 17.9. The highest BCUT2D eigenvalue weighted by atomic mass is 16.6. The summed E-state index contributed by atoms with van der Waals surface area (Å²) in [6.45, 7) is 7.44. The van der Waals surface area contributed by atoms with E-state index in [1.807, 2.05) is 40.0 Å². The molecule has 0 fully saturated rings. The summed E-state index contributed by atoms with van der Waals surface area (Å²) in [4.78, 5) is 27.0. The number of hydrogen-bond donors (Lipinski definition) is 2. The number of rotatable bonds is 4. The standard InChI is InChI=1S/C18H24N2O4/c1-6-14(20-17(22)24-18(2,3)4)13-10-19-15-8-7-11(9-12(13)15)16(21)23-5/h7-10,14,19H,6H2,1-5H3,(H,20,22)/t14-/m0/s1. The minimum Gasteiger partial charge on any atom is -0.465 e. The number of esters is 1. The summed E-state index contributed by atoms with van der Waals surface area (Å²) in [6, 6.07) is 5.08. The van der Waals surface area contributed by atoms with Crippen LogP contribution in [0, 0.1) is 0 Å². The first kappa shape index (κ1) is 17.8. The van der Waals surface area contributed by atoms with Crippen molar-refractivity contribution in [3.63, 3.8) is 0 Å². The molecule has 0 aliphatic heterocycles. The first-order chi connectivity index (χ1) is 11.2. The normalized spacial score (nSPS) is 12.7. The second-order valence-electron chi connectivity index (χ2n) is 6.60. The Morgan fingerprint density at radius 1 is 1.29 bits per heavy atom. The van der Waals surface area contributed by atoms with Gasteiger partial charge >= 0.3 is 12.1 Å². The van der Waals surface area contributed by atoms with E-state index >= 15 is 0 Å². The number of fused-ring (bicyclic) bond motifs is 1. The van der Waals surface area contributed by atoms with Crippen molar-refractivity contribution in [2.75, 3.05) is 7.11 Å². The lowest BCUT2D eigenvalue weighted by Crippen LogP contribution is -2.34. The van der Waals surface area contributed by atoms with Crippen LogP contribution in [0.15, 0.2) is 24.4 Å². The van der Waals surface area contributed by atoms with Gasteiger partial charge in [0, 0.05) is 17.1 Å². The van der Waals surface area contributed by atoms with Gasteiger partial charge in [0.25, 0.3) is 0 Å². The summed E-state index contributed by atoms with van der Waals surface area (Å²) in [5.74, 6) is -0.391. The highest BCUT2D eigenvalue weighted by Gasteiger charge is 2.22. The van der Waals surface area contributed by atoms with Crippen LogP contribution in [0.2, 0.25) is 0 Å². The molecule has 0 saturated heterocycles. The van der Waals surface area contributed by atoms with Crippen LogP contribution in [-0.4, -0.2) is 29.8 Å². The maximum Gasteiger partial charge on any atom is 0.408 e. The van der Waals surface area contributed by atoms with Gasteiger partial charge in [-0.05, 0) is 51.0 Å². The summed E-state index contributed by atoms with van der Waals surface area (Å²) in [7, 11) is 1.35. The van der Waals surface area contributed by atoms with Crippen LogP contribution in [-0.2, 0) is 9.47 Å². The van der Waals surface area contributed by atoms with E-state index in [0.717, 1.165) is 16.5 Å². The molecule has 0 aliphatic rings. The molecule has 0 saturated carbocycles. The minimum absolute atomic E-state index is 0.221. The number of hydrogen-bond acceptors (Lipinski definition) is 4. The molecule has 0 radical (unpaired) electrons. The highest BCUT2D eigenvalue weighted by Crippen LogP contribution is 2.27. The van der Waals surface area contributed by atoms with Crippen LogP contribution in [0.5, 0.6) is 0 Å². The average molecular weight is 332 g/mol. The van der Waals surface area contributed by atoms with Crippen LogP contribution in [0.1, 0.15) is 56.1 Å². The molecular weight excluding hydrogens is 308 g/mol. The zero-order valence-electron chi connectivity index (χ0n) is 14.7. The van der Waals surface area contributed by atoms with Crippen molar-refractivity contribution in [3.8, 4) is 0 Å². The van der Waals surface area contributed by atoms with E-state index in [1.54, 1.807) is 12.1 Å². The predicted molar refractivity (Wildman–Crippen MR) is 92.0 cm³/mol. The number of nitrogens with one attached hydrogen (secondary N) is 2. The summed E-state index contributed by atoms with van der Waals surface area (Å²) < 4.78 is 10.1. The smallest absolute Gasteiger partial charge is 0.408 e. The summed E-state index contributed by atoms with van der Waals surface area (Å²) in [5, 5.41) is 3.76. The molecule has 1 aromatic heterocycles. The number of methoxy groups -OCH3 is 1. The summed E-state index contributed by atoms with van der Waals surface area (Å²) >= 11 is 0. The molecule has 1 atom stereocenters. The highest BCUT2D eigenvalue weighted by molar-refractivity contribution is 5.95. The third-order valence-electron chi connectivity index (χ3n) is 3.61. The van der Waals surface area contributed by atoms with Crippen LogP contribution >= 0.6 is 0 Å². The van der Waals surface area contributed by atoms with Gasteiger partial charge in [0.1, 0.15) is 5.60 Å². The van der Waals surface area contributed by atoms with Crippen molar-refractivity contribution >= 4 is 23.0 Å². The van der Waals surface area contributed by atoms with Gasteiger partial charge < -0.3 is 19.8 Å². The summed E-state index contributed by atoms with van der Waals surface area (Å²) in [5.41, 5.74) is 1.71. The number of carbonyl (C=O) groups is 2. The van der Waals surface area contributed by atoms with E-state index in [2.05, 4.69) is 10.3 Å². The molecule has 0 aliphatic carbocycles. The molecule has 0 bridgehead atoms. The van der Waals surface area contributed by atoms with Gasteiger partial charge in [-0.25, -0.2) is 9.59 Å². The molecule has 0 unspecified atom stereocenters. The Kier molecular flexibility index (Phi) is 5.17. The molecule has 2 N–H and O–H groups in total. The molecule has 0 spiro atoms. The Bertz CT molecular complexity index is 743. The van der Waals surface area contributed by atoms with Crippen molar-refractivity contribution in [1.29, 1.82) is 0 Å². The van der Waals surface area contributed by atoms with Crippen molar-refractivity contribution in [1.82, 2.24) is 10.3 Å². The largest absolute Gasteiger partial charge is 0.465 e. The molecule has 6 nitrogen and oxygen atoms in total. The maximum absolute atomic E-state index is 12.1. The van der Waals surface area contributed by atoms with Gasteiger partial charge in [-0.3, -0.25) is 0 Å². The van der Waals surface area contributed by atoms with Crippen LogP contribution in [0.25, 0.3) is 10.9 Å². The third-order valence-corrected chi connectivity index (χ3v) is 3.61. The van der Waals surface area contributed by atoms with Gasteiger partial charge in [-0.2, -0.15) is 0 Å². The fraction of sp³-hybridized carbons (Fsp3) is 0.444. The number of alkyl carbamates (subject to hydrolysis) is 1. The maximum atomic E-state index is 12.1. The lowest BCUT2D eigenvalue weighted by Gasteiger charge is -2.23. The van der Waals surface area contributed by atoms with E-state index in [4.69, 9.17) is 9.47 Å². The minimum atomic E-state index is -0.555. The first-order valence-electron chi connectivity index (χ1n) is 7.94. The van der Waals surface area contributed by atoms with E-state index in [-0.39, 0.29) is 6.04 Å². The van der Waals surface area contributed by atoms with Crippen molar-refractivity contribution < 1.29 is 19.1 Å².